The van der Waals surface area contributed by atoms with E-state index in [1.165, 1.54) is 9.13 Å². The van der Waals surface area contributed by atoms with E-state index in [2.05, 4.69) is 72.9 Å². The smallest absolute Gasteiger partial charge is 0.0623 e. The van der Waals surface area contributed by atoms with Crippen LogP contribution in [0.15, 0.2) is 24.3 Å². The van der Waals surface area contributed by atoms with Crippen LogP contribution in [0.3, 0.4) is 0 Å². The van der Waals surface area contributed by atoms with Crippen LogP contribution in [-0.2, 0) is 4.74 Å². The van der Waals surface area contributed by atoms with Crippen LogP contribution >= 0.6 is 22.6 Å². The predicted octanol–water partition coefficient (Wildman–Crippen LogP) is 4.15. The fourth-order valence-electron chi connectivity index (χ4n) is 1.95. The molecule has 0 radical (unpaired) electrons. The fourth-order valence-corrected chi connectivity index (χ4v) is 2.52. The molecule has 0 spiro atoms. The molecular formula is C15H24INO. The summed E-state index contributed by atoms with van der Waals surface area (Å²) in [6, 6.07) is 9.14. The maximum atomic E-state index is 5.50. The average Bonchev–Trinajstić information content (AvgIpc) is 2.34. The monoisotopic (exact) mass is 361 g/mol. The first kappa shape index (κ1) is 15.9. The Morgan fingerprint density at radius 1 is 1.39 bits per heavy atom. The molecule has 0 heterocycles. The molecule has 1 aromatic rings. The summed E-state index contributed by atoms with van der Waals surface area (Å²) in [6.07, 6.45) is 2.14. The Hall–Kier alpha value is -0.130. The van der Waals surface area contributed by atoms with E-state index in [1.54, 1.807) is 7.11 Å². The summed E-state index contributed by atoms with van der Waals surface area (Å²) in [7, 11) is 1.79. The van der Waals surface area contributed by atoms with E-state index in [-0.39, 0.29) is 5.60 Å². The zero-order valence-corrected chi connectivity index (χ0v) is 14.0. The highest BCUT2D eigenvalue weighted by Gasteiger charge is 2.19. The molecule has 3 heteroatoms. The third-order valence-corrected chi connectivity index (χ3v) is 3.96. The van der Waals surface area contributed by atoms with Crippen molar-refractivity contribution in [3.8, 4) is 0 Å². The van der Waals surface area contributed by atoms with Crippen molar-refractivity contribution in [1.29, 1.82) is 0 Å². The molecule has 1 rings (SSSR count). The first-order valence-electron chi connectivity index (χ1n) is 6.52. The third kappa shape index (κ3) is 5.24. The summed E-state index contributed by atoms with van der Waals surface area (Å²) in [5, 5.41) is 3.56. The van der Waals surface area contributed by atoms with Crippen molar-refractivity contribution in [3.63, 3.8) is 0 Å². The summed E-state index contributed by atoms with van der Waals surface area (Å²) >= 11 is 2.37. The summed E-state index contributed by atoms with van der Waals surface area (Å²) < 4.78 is 6.79. The lowest BCUT2D eigenvalue weighted by atomic mass is 9.95. The second kappa shape index (κ2) is 7.46. The Labute approximate surface area is 125 Å². The second-order valence-electron chi connectivity index (χ2n) is 5.17. The number of hydrogen-bond donors (Lipinski definition) is 1. The standard InChI is InChI=1S/C15H24INO/c1-5-17-14(9-10-15(2,3)18-4)12-7-6-8-13(16)11-12/h6-8,11,14,17H,5,9-10H2,1-4H3. The highest BCUT2D eigenvalue weighted by molar-refractivity contribution is 14.1. The highest BCUT2D eigenvalue weighted by Crippen LogP contribution is 2.25. The number of nitrogens with one attached hydrogen (secondary N) is 1. The largest absolute Gasteiger partial charge is 0.379 e. The van der Waals surface area contributed by atoms with Gasteiger partial charge in [-0.3, -0.25) is 0 Å². The summed E-state index contributed by atoms with van der Waals surface area (Å²) in [4.78, 5) is 0. The van der Waals surface area contributed by atoms with Gasteiger partial charge in [-0.15, -0.1) is 0 Å². The molecule has 1 aromatic carbocycles. The van der Waals surface area contributed by atoms with Gasteiger partial charge >= 0.3 is 0 Å². The van der Waals surface area contributed by atoms with Gasteiger partial charge in [0.1, 0.15) is 0 Å². The van der Waals surface area contributed by atoms with Crippen molar-refractivity contribution >= 4 is 22.6 Å². The molecule has 0 bridgehead atoms. The fraction of sp³-hybridized carbons (Fsp3) is 0.600. The molecule has 18 heavy (non-hydrogen) atoms. The molecule has 102 valence electrons. The molecule has 0 aliphatic heterocycles. The van der Waals surface area contributed by atoms with Gasteiger partial charge < -0.3 is 10.1 Å². The Morgan fingerprint density at radius 3 is 2.67 bits per heavy atom. The van der Waals surface area contributed by atoms with Crippen LogP contribution in [0.1, 0.15) is 45.2 Å². The van der Waals surface area contributed by atoms with E-state index in [4.69, 9.17) is 4.74 Å². The minimum atomic E-state index is -0.0460. The van der Waals surface area contributed by atoms with E-state index < -0.39 is 0 Å². The van der Waals surface area contributed by atoms with Crippen LogP contribution in [0.2, 0.25) is 0 Å². The van der Waals surface area contributed by atoms with Gasteiger partial charge in [0.15, 0.2) is 0 Å². The molecule has 1 atom stereocenters. The number of hydrogen-bond acceptors (Lipinski definition) is 2. The van der Waals surface area contributed by atoms with Crippen LogP contribution in [0.5, 0.6) is 0 Å². The lowest BCUT2D eigenvalue weighted by Gasteiger charge is -2.26. The van der Waals surface area contributed by atoms with Gasteiger partial charge in [-0.25, -0.2) is 0 Å². The van der Waals surface area contributed by atoms with E-state index in [0.29, 0.717) is 6.04 Å². The summed E-state index contributed by atoms with van der Waals surface area (Å²) in [6.45, 7) is 7.43. The Morgan fingerprint density at radius 2 is 2.11 bits per heavy atom. The van der Waals surface area contributed by atoms with Crippen molar-refractivity contribution in [1.82, 2.24) is 5.32 Å². The maximum Gasteiger partial charge on any atom is 0.0623 e. The SMILES string of the molecule is CCNC(CCC(C)(C)OC)c1cccc(I)c1. The molecule has 0 saturated heterocycles. The quantitative estimate of drug-likeness (QED) is 0.737. The number of methoxy groups -OCH3 is 1. The van der Waals surface area contributed by atoms with E-state index in [1.807, 2.05) is 0 Å². The van der Waals surface area contributed by atoms with Crippen molar-refractivity contribution in [3.05, 3.63) is 33.4 Å². The first-order chi connectivity index (χ1) is 8.48. The van der Waals surface area contributed by atoms with Crippen molar-refractivity contribution in [2.75, 3.05) is 13.7 Å². The van der Waals surface area contributed by atoms with Gasteiger partial charge in [0, 0.05) is 16.7 Å². The minimum Gasteiger partial charge on any atom is -0.379 e. The second-order valence-corrected chi connectivity index (χ2v) is 6.41. The zero-order valence-electron chi connectivity index (χ0n) is 11.8. The molecule has 1 unspecified atom stereocenters. The molecule has 0 saturated carbocycles. The van der Waals surface area contributed by atoms with E-state index in [9.17, 15) is 0 Å². The van der Waals surface area contributed by atoms with Crippen LogP contribution in [0.4, 0.5) is 0 Å². The normalized spacial score (nSPS) is 13.6. The van der Waals surface area contributed by atoms with Gasteiger partial charge in [0.05, 0.1) is 5.60 Å². The Bertz CT molecular complexity index is 365. The summed E-state index contributed by atoms with van der Waals surface area (Å²) in [5.74, 6) is 0. The zero-order chi connectivity index (χ0) is 13.6. The van der Waals surface area contributed by atoms with Gasteiger partial charge in [0.2, 0.25) is 0 Å². The molecular weight excluding hydrogens is 337 g/mol. The molecule has 2 nitrogen and oxygen atoms in total. The van der Waals surface area contributed by atoms with Gasteiger partial charge in [-0.05, 0) is 73.5 Å². The van der Waals surface area contributed by atoms with Crippen molar-refractivity contribution in [2.45, 2.75) is 45.3 Å². The van der Waals surface area contributed by atoms with Gasteiger partial charge in [-0.2, -0.15) is 0 Å². The number of halogens is 1. The lowest BCUT2D eigenvalue weighted by molar-refractivity contribution is 0.0117. The van der Waals surface area contributed by atoms with Crippen molar-refractivity contribution in [2.24, 2.45) is 0 Å². The molecule has 0 aliphatic rings. The van der Waals surface area contributed by atoms with Crippen molar-refractivity contribution < 1.29 is 4.74 Å². The Balaban J connectivity index is 2.71. The topological polar surface area (TPSA) is 21.3 Å². The molecule has 0 aromatic heterocycles. The lowest BCUT2D eigenvalue weighted by Crippen LogP contribution is -2.27. The summed E-state index contributed by atoms with van der Waals surface area (Å²) in [5.41, 5.74) is 1.32. The molecule has 1 N–H and O–H groups in total. The van der Waals surface area contributed by atoms with Crippen LogP contribution in [0.25, 0.3) is 0 Å². The number of ether oxygens (including phenoxy) is 1. The number of benzene rings is 1. The maximum absolute atomic E-state index is 5.50. The molecule has 0 amide bonds. The predicted molar refractivity (Wildman–Crippen MR) is 85.9 cm³/mol. The first-order valence-corrected chi connectivity index (χ1v) is 7.60. The Kier molecular flexibility index (Phi) is 6.60. The van der Waals surface area contributed by atoms with Crippen LogP contribution in [0, 0.1) is 3.57 Å². The van der Waals surface area contributed by atoms with E-state index in [0.717, 1.165) is 19.4 Å². The highest BCUT2D eigenvalue weighted by atomic mass is 127. The third-order valence-electron chi connectivity index (χ3n) is 3.29. The van der Waals surface area contributed by atoms with Crippen LogP contribution in [-0.4, -0.2) is 19.3 Å². The molecule has 0 fully saturated rings. The van der Waals surface area contributed by atoms with Crippen LogP contribution < -0.4 is 5.32 Å². The minimum absolute atomic E-state index is 0.0460. The van der Waals surface area contributed by atoms with Gasteiger partial charge in [0.25, 0.3) is 0 Å². The molecule has 0 aliphatic carbocycles. The number of rotatable bonds is 7. The van der Waals surface area contributed by atoms with Gasteiger partial charge in [-0.1, -0.05) is 19.1 Å². The average molecular weight is 361 g/mol. The van der Waals surface area contributed by atoms with E-state index >= 15 is 0 Å².